The van der Waals surface area contributed by atoms with Crippen LogP contribution in [0.2, 0.25) is 0 Å². The van der Waals surface area contributed by atoms with Crippen molar-refractivity contribution in [2.75, 3.05) is 19.6 Å². The number of rotatable bonds is 9. The molecule has 22 heavy (non-hydrogen) atoms. The second-order valence-electron chi connectivity index (χ2n) is 5.86. The van der Waals surface area contributed by atoms with E-state index in [-0.39, 0.29) is 5.78 Å². The van der Waals surface area contributed by atoms with Gasteiger partial charge in [-0.2, -0.15) is 0 Å². The molecule has 0 bridgehead atoms. The zero-order valence-electron chi connectivity index (χ0n) is 14.0. The highest BCUT2D eigenvalue weighted by atomic mass is 16.1. The summed E-state index contributed by atoms with van der Waals surface area (Å²) >= 11 is 0. The molecule has 2 aromatic rings. The Morgan fingerprint density at radius 2 is 1.86 bits per heavy atom. The third-order valence-electron chi connectivity index (χ3n) is 3.79. The first-order valence-electron chi connectivity index (χ1n) is 8.42. The van der Waals surface area contributed by atoms with Gasteiger partial charge in [0.15, 0.2) is 5.78 Å². The molecule has 1 aromatic carbocycles. The lowest BCUT2D eigenvalue weighted by Gasteiger charge is -2.19. The molecule has 0 amide bonds. The van der Waals surface area contributed by atoms with Gasteiger partial charge in [0, 0.05) is 12.0 Å². The SMILES string of the molecule is CCCc1nc2ccc(C(=O)CN(CCC)CCC)cc2[nH]1. The maximum absolute atomic E-state index is 12.5. The van der Waals surface area contributed by atoms with Crippen LogP contribution in [0, 0.1) is 0 Å². The zero-order valence-corrected chi connectivity index (χ0v) is 14.0. The van der Waals surface area contributed by atoms with Gasteiger partial charge in [-0.1, -0.05) is 20.8 Å². The molecule has 0 aliphatic heterocycles. The number of benzene rings is 1. The van der Waals surface area contributed by atoms with E-state index in [1.165, 1.54) is 0 Å². The van der Waals surface area contributed by atoms with Gasteiger partial charge in [-0.05, 0) is 50.6 Å². The van der Waals surface area contributed by atoms with Crippen LogP contribution in [0.4, 0.5) is 0 Å². The number of ketones is 1. The fraction of sp³-hybridized carbons (Fsp3) is 0.556. The molecular weight excluding hydrogens is 274 g/mol. The van der Waals surface area contributed by atoms with E-state index in [9.17, 15) is 4.79 Å². The minimum atomic E-state index is 0.190. The van der Waals surface area contributed by atoms with Crippen LogP contribution in [0.3, 0.4) is 0 Å². The van der Waals surface area contributed by atoms with Crippen LogP contribution >= 0.6 is 0 Å². The van der Waals surface area contributed by atoms with Crippen molar-refractivity contribution in [2.45, 2.75) is 46.5 Å². The van der Waals surface area contributed by atoms with Gasteiger partial charge < -0.3 is 4.98 Å². The van der Waals surface area contributed by atoms with Crippen LogP contribution in [-0.2, 0) is 6.42 Å². The van der Waals surface area contributed by atoms with Crippen LogP contribution in [0.1, 0.15) is 56.2 Å². The van der Waals surface area contributed by atoms with Gasteiger partial charge in [-0.3, -0.25) is 9.69 Å². The van der Waals surface area contributed by atoms with Crippen molar-refractivity contribution in [3.8, 4) is 0 Å². The first kappa shape index (κ1) is 16.7. The molecule has 4 heteroatoms. The number of carbonyl (C=O) groups excluding carboxylic acids is 1. The minimum Gasteiger partial charge on any atom is -0.342 e. The summed E-state index contributed by atoms with van der Waals surface area (Å²) in [6.45, 7) is 8.90. The van der Waals surface area contributed by atoms with Gasteiger partial charge in [-0.25, -0.2) is 4.98 Å². The molecule has 0 unspecified atom stereocenters. The molecule has 0 atom stereocenters. The lowest BCUT2D eigenvalue weighted by atomic mass is 10.1. The van der Waals surface area contributed by atoms with Crippen molar-refractivity contribution in [1.29, 1.82) is 0 Å². The van der Waals surface area contributed by atoms with E-state index in [1.54, 1.807) is 0 Å². The van der Waals surface area contributed by atoms with Crippen molar-refractivity contribution in [3.63, 3.8) is 0 Å². The quantitative estimate of drug-likeness (QED) is 0.716. The number of nitrogens with one attached hydrogen (secondary N) is 1. The highest BCUT2D eigenvalue weighted by molar-refractivity contribution is 6.00. The number of aryl methyl sites for hydroxylation is 1. The Hall–Kier alpha value is -1.68. The van der Waals surface area contributed by atoms with E-state index in [0.29, 0.717) is 6.54 Å². The Bertz CT molecular complexity index is 612. The molecule has 0 fully saturated rings. The Balaban J connectivity index is 2.13. The van der Waals surface area contributed by atoms with Crippen molar-refractivity contribution >= 4 is 16.8 Å². The highest BCUT2D eigenvalue weighted by Gasteiger charge is 2.13. The molecule has 0 aliphatic carbocycles. The van der Waals surface area contributed by atoms with Crippen LogP contribution in [0.15, 0.2) is 18.2 Å². The number of fused-ring (bicyclic) bond motifs is 1. The molecule has 0 spiro atoms. The second-order valence-corrected chi connectivity index (χ2v) is 5.86. The summed E-state index contributed by atoms with van der Waals surface area (Å²) in [5.41, 5.74) is 2.68. The number of hydrogen-bond acceptors (Lipinski definition) is 3. The molecule has 1 heterocycles. The van der Waals surface area contributed by atoms with Gasteiger partial charge in [0.05, 0.1) is 17.6 Å². The van der Waals surface area contributed by atoms with Crippen molar-refractivity contribution in [3.05, 3.63) is 29.6 Å². The van der Waals surface area contributed by atoms with E-state index in [4.69, 9.17) is 0 Å². The number of aromatic nitrogens is 2. The van der Waals surface area contributed by atoms with Crippen molar-refractivity contribution in [2.24, 2.45) is 0 Å². The molecule has 1 N–H and O–H groups in total. The molecule has 120 valence electrons. The molecule has 0 saturated heterocycles. The summed E-state index contributed by atoms with van der Waals surface area (Å²) in [7, 11) is 0. The fourth-order valence-corrected chi connectivity index (χ4v) is 2.79. The Morgan fingerprint density at radius 3 is 2.50 bits per heavy atom. The van der Waals surface area contributed by atoms with Gasteiger partial charge in [0.25, 0.3) is 0 Å². The molecule has 0 saturated carbocycles. The lowest BCUT2D eigenvalue weighted by Crippen LogP contribution is -2.31. The van der Waals surface area contributed by atoms with Gasteiger partial charge in [0.2, 0.25) is 0 Å². The number of hydrogen-bond donors (Lipinski definition) is 1. The molecule has 0 radical (unpaired) electrons. The number of H-pyrrole nitrogens is 1. The molecule has 0 aliphatic rings. The predicted molar refractivity (Wildman–Crippen MR) is 91.4 cm³/mol. The van der Waals surface area contributed by atoms with E-state index >= 15 is 0 Å². The van der Waals surface area contributed by atoms with Gasteiger partial charge >= 0.3 is 0 Å². The molecular formula is C18H27N3O. The van der Waals surface area contributed by atoms with Crippen LogP contribution in [0.25, 0.3) is 11.0 Å². The monoisotopic (exact) mass is 301 g/mol. The number of aromatic amines is 1. The average Bonchev–Trinajstić information content (AvgIpc) is 2.89. The van der Waals surface area contributed by atoms with Crippen molar-refractivity contribution in [1.82, 2.24) is 14.9 Å². The summed E-state index contributed by atoms with van der Waals surface area (Å²) in [6.07, 6.45) is 4.16. The van der Waals surface area contributed by atoms with Gasteiger partial charge in [-0.15, -0.1) is 0 Å². The third kappa shape index (κ3) is 4.17. The predicted octanol–water partition coefficient (Wildman–Crippen LogP) is 3.82. The normalized spacial score (nSPS) is 11.5. The average molecular weight is 301 g/mol. The van der Waals surface area contributed by atoms with E-state index in [0.717, 1.165) is 61.2 Å². The summed E-state index contributed by atoms with van der Waals surface area (Å²) in [5, 5.41) is 0. The largest absolute Gasteiger partial charge is 0.342 e. The van der Waals surface area contributed by atoms with Crippen LogP contribution in [-0.4, -0.2) is 40.3 Å². The maximum atomic E-state index is 12.5. The topological polar surface area (TPSA) is 49.0 Å². The number of imidazole rings is 1. The lowest BCUT2D eigenvalue weighted by molar-refractivity contribution is 0.0930. The summed E-state index contributed by atoms with van der Waals surface area (Å²) < 4.78 is 0. The van der Waals surface area contributed by atoms with Crippen LogP contribution < -0.4 is 0 Å². The summed E-state index contributed by atoms with van der Waals surface area (Å²) in [6, 6.07) is 5.79. The Morgan fingerprint density at radius 1 is 1.14 bits per heavy atom. The second kappa shape index (κ2) is 8.08. The maximum Gasteiger partial charge on any atom is 0.176 e. The molecule has 1 aromatic heterocycles. The van der Waals surface area contributed by atoms with Gasteiger partial charge in [0.1, 0.15) is 5.82 Å². The van der Waals surface area contributed by atoms with E-state index < -0.39 is 0 Å². The minimum absolute atomic E-state index is 0.190. The summed E-state index contributed by atoms with van der Waals surface area (Å²) in [4.78, 5) is 22.6. The first-order chi connectivity index (χ1) is 10.7. The van der Waals surface area contributed by atoms with E-state index in [1.807, 2.05) is 18.2 Å². The van der Waals surface area contributed by atoms with Crippen LogP contribution in [0.5, 0.6) is 0 Å². The number of carbonyl (C=O) groups is 1. The zero-order chi connectivity index (χ0) is 15.9. The Kier molecular flexibility index (Phi) is 6.13. The van der Waals surface area contributed by atoms with Crippen molar-refractivity contribution < 1.29 is 4.79 Å². The highest BCUT2D eigenvalue weighted by Crippen LogP contribution is 2.15. The number of nitrogens with zero attached hydrogens (tertiary/aromatic N) is 2. The number of Topliss-reactive ketones (excluding diaryl/α,β-unsaturated/α-hetero) is 1. The fourth-order valence-electron chi connectivity index (χ4n) is 2.79. The third-order valence-corrected chi connectivity index (χ3v) is 3.79. The first-order valence-corrected chi connectivity index (χ1v) is 8.42. The standard InChI is InChI=1S/C18H27N3O/c1-4-7-18-19-15-9-8-14(12-16(15)20-18)17(22)13-21(10-5-2)11-6-3/h8-9,12H,4-7,10-11,13H2,1-3H3,(H,19,20). The Labute approximate surface area is 132 Å². The van der Waals surface area contributed by atoms with E-state index in [2.05, 4.69) is 35.6 Å². The summed E-state index contributed by atoms with van der Waals surface area (Å²) in [5.74, 6) is 1.19. The molecule has 2 rings (SSSR count). The molecule has 4 nitrogen and oxygen atoms in total. The smallest absolute Gasteiger partial charge is 0.176 e.